The van der Waals surface area contributed by atoms with E-state index < -0.39 is 38.1 Å². The van der Waals surface area contributed by atoms with Crippen LogP contribution in [0.4, 0.5) is 0 Å². The van der Waals surface area contributed by atoms with Crippen molar-refractivity contribution < 1.29 is 12.3 Å². The molecule has 3 unspecified atom stereocenters. The van der Waals surface area contributed by atoms with Crippen LogP contribution in [0.15, 0.2) is 46.0 Å². The zero-order chi connectivity index (χ0) is 20.6. The van der Waals surface area contributed by atoms with E-state index in [-0.39, 0.29) is 0 Å². The molecule has 0 aromatic rings. The summed E-state index contributed by atoms with van der Waals surface area (Å²) in [4.78, 5) is 0. The highest BCUT2D eigenvalue weighted by atomic mass is 28.5. The van der Waals surface area contributed by atoms with Crippen LogP contribution in [0.25, 0.3) is 0 Å². The lowest BCUT2D eigenvalue weighted by Crippen LogP contribution is -2.48. The monoisotopic (exact) mass is 452 g/mol. The summed E-state index contributed by atoms with van der Waals surface area (Å²) in [5, 5.41) is 0. The van der Waals surface area contributed by atoms with Crippen molar-refractivity contribution in [2.45, 2.75) is 66.8 Å². The second-order valence-electron chi connectivity index (χ2n) is 9.04. The van der Waals surface area contributed by atoms with Gasteiger partial charge in [0.2, 0.25) is 0 Å². The van der Waals surface area contributed by atoms with E-state index in [4.69, 9.17) is 12.3 Å². The van der Waals surface area contributed by atoms with Gasteiger partial charge in [-0.3, -0.25) is 0 Å². The van der Waals surface area contributed by atoms with Crippen LogP contribution in [0, 0.1) is 17.8 Å². The van der Waals surface area contributed by atoms with Crippen molar-refractivity contribution in [2.75, 3.05) is 0 Å². The summed E-state index contributed by atoms with van der Waals surface area (Å²) in [6, 6.07) is 1.01. The third-order valence-electron chi connectivity index (χ3n) is 5.62. The molecule has 28 heavy (non-hydrogen) atoms. The molecule has 0 radical (unpaired) electrons. The van der Waals surface area contributed by atoms with E-state index in [0.717, 1.165) is 23.8 Å². The molecule has 0 aromatic heterocycles. The number of rotatable bonds is 12. The molecule has 0 saturated heterocycles. The van der Waals surface area contributed by atoms with Crippen molar-refractivity contribution >= 4 is 38.1 Å². The third-order valence-corrected chi connectivity index (χ3v) is 16.8. The van der Waals surface area contributed by atoms with Crippen molar-refractivity contribution in [1.82, 2.24) is 0 Å². The first-order valence-electron chi connectivity index (χ1n) is 10.8. The van der Waals surface area contributed by atoms with Crippen LogP contribution in [0.2, 0.25) is 6.04 Å². The Kier molecular flexibility index (Phi) is 10.1. The van der Waals surface area contributed by atoms with Gasteiger partial charge in [-0.05, 0) is 78.6 Å². The summed E-state index contributed by atoms with van der Waals surface area (Å²) in [7, 11) is -4.81. The lowest BCUT2D eigenvalue weighted by molar-refractivity contribution is 0.274. The van der Waals surface area contributed by atoms with Crippen LogP contribution >= 0.6 is 0 Å². The average Bonchev–Trinajstić information content (AvgIpc) is 3.22. The van der Waals surface area contributed by atoms with Crippen LogP contribution in [0.1, 0.15) is 60.8 Å². The van der Waals surface area contributed by atoms with Gasteiger partial charge in [-0.1, -0.05) is 46.0 Å². The first kappa shape index (κ1) is 24.0. The molecule has 0 amide bonds. The van der Waals surface area contributed by atoms with Crippen LogP contribution in [-0.4, -0.2) is 38.1 Å². The molecule has 0 N–H and O–H groups in total. The maximum Gasteiger partial charge on any atom is 0.469 e. The fourth-order valence-electron chi connectivity index (χ4n) is 3.94. The van der Waals surface area contributed by atoms with E-state index in [0.29, 0.717) is 0 Å². The predicted octanol–water partition coefficient (Wildman–Crippen LogP) is 3.60. The molecular formula is C21H40O3Si4. The van der Waals surface area contributed by atoms with Crippen molar-refractivity contribution in [2.24, 2.45) is 17.8 Å². The Bertz CT molecular complexity index is 560. The molecule has 0 aromatic carbocycles. The SMILES string of the molecule is CC(C)=C[SiH2]O[Si](CCC1CC2C=CC1C2)(O[SiH2]C=C(C)C)O[SiH2]C=C(C)C. The smallest absolute Gasteiger partial charge is 0.418 e. The predicted molar refractivity (Wildman–Crippen MR) is 131 cm³/mol. The minimum atomic E-state index is -2.56. The van der Waals surface area contributed by atoms with Gasteiger partial charge in [-0.2, -0.15) is 0 Å². The summed E-state index contributed by atoms with van der Waals surface area (Å²) in [5.41, 5.74) is 10.9. The van der Waals surface area contributed by atoms with Gasteiger partial charge < -0.3 is 12.3 Å². The maximum absolute atomic E-state index is 6.59. The molecule has 2 bridgehead atoms. The van der Waals surface area contributed by atoms with Crippen molar-refractivity contribution in [3.8, 4) is 0 Å². The van der Waals surface area contributed by atoms with Gasteiger partial charge in [0.25, 0.3) is 0 Å². The zero-order valence-corrected chi connectivity index (χ0v) is 24.0. The Balaban J connectivity index is 2.08. The molecule has 7 heteroatoms. The molecule has 3 atom stereocenters. The molecule has 0 spiro atoms. The largest absolute Gasteiger partial charge is 0.469 e. The Morgan fingerprint density at radius 1 is 0.821 bits per heavy atom. The molecule has 2 aliphatic carbocycles. The summed E-state index contributed by atoms with van der Waals surface area (Å²) in [6.07, 6.45) is 8.81. The Morgan fingerprint density at radius 2 is 1.32 bits per heavy atom. The minimum absolute atomic E-state index is 0.748. The highest BCUT2D eigenvalue weighted by Gasteiger charge is 2.42. The molecule has 2 rings (SSSR count). The quantitative estimate of drug-likeness (QED) is 0.334. The molecule has 0 heterocycles. The topological polar surface area (TPSA) is 27.7 Å². The molecule has 158 valence electrons. The van der Waals surface area contributed by atoms with Gasteiger partial charge in [-0.25, -0.2) is 0 Å². The van der Waals surface area contributed by atoms with E-state index >= 15 is 0 Å². The summed E-state index contributed by atoms with van der Waals surface area (Å²) >= 11 is 0. The second kappa shape index (κ2) is 11.8. The fourth-order valence-corrected chi connectivity index (χ4v) is 14.7. The highest BCUT2D eigenvalue weighted by Crippen LogP contribution is 2.46. The van der Waals surface area contributed by atoms with Gasteiger partial charge in [0.1, 0.15) is 0 Å². The van der Waals surface area contributed by atoms with E-state index in [1.54, 1.807) is 0 Å². The van der Waals surface area contributed by atoms with Gasteiger partial charge in [0.15, 0.2) is 29.3 Å². The number of hydrogen-bond donors (Lipinski definition) is 0. The molecule has 1 saturated carbocycles. The number of hydrogen-bond acceptors (Lipinski definition) is 3. The van der Waals surface area contributed by atoms with Gasteiger partial charge >= 0.3 is 8.80 Å². The first-order chi connectivity index (χ1) is 13.3. The molecule has 2 aliphatic rings. The fraction of sp³-hybridized carbons (Fsp3) is 0.619. The van der Waals surface area contributed by atoms with Gasteiger partial charge in [0, 0.05) is 6.04 Å². The number of allylic oxidation sites excluding steroid dienone is 5. The molecule has 0 aliphatic heterocycles. The minimum Gasteiger partial charge on any atom is -0.418 e. The Morgan fingerprint density at radius 3 is 1.68 bits per heavy atom. The van der Waals surface area contributed by atoms with Gasteiger partial charge in [0.05, 0.1) is 0 Å². The average molecular weight is 453 g/mol. The van der Waals surface area contributed by atoms with Crippen LogP contribution < -0.4 is 0 Å². The van der Waals surface area contributed by atoms with Crippen molar-refractivity contribution in [3.63, 3.8) is 0 Å². The Labute approximate surface area is 180 Å². The van der Waals surface area contributed by atoms with E-state index in [1.807, 2.05) is 0 Å². The summed E-state index contributed by atoms with van der Waals surface area (Å²) < 4.78 is 19.8. The van der Waals surface area contributed by atoms with Crippen molar-refractivity contribution in [1.29, 1.82) is 0 Å². The highest BCUT2D eigenvalue weighted by molar-refractivity contribution is 6.75. The normalized spacial score (nSPS) is 26.0. The second-order valence-corrected chi connectivity index (χ2v) is 16.6. The van der Waals surface area contributed by atoms with Crippen LogP contribution in [0.5, 0.6) is 0 Å². The molecule has 1 fully saturated rings. The van der Waals surface area contributed by atoms with Crippen molar-refractivity contribution in [3.05, 3.63) is 46.0 Å². The lowest BCUT2D eigenvalue weighted by Gasteiger charge is -2.32. The molecular weight excluding hydrogens is 413 g/mol. The van der Waals surface area contributed by atoms with Gasteiger partial charge in [-0.15, -0.1) is 0 Å². The summed E-state index contributed by atoms with van der Waals surface area (Å²) in [5.74, 6) is 2.42. The first-order valence-corrected chi connectivity index (χ1v) is 16.9. The Hall–Kier alpha value is -0.292. The van der Waals surface area contributed by atoms with E-state index in [9.17, 15) is 0 Å². The van der Waals surface area contributed by atoms with E-state index in [2.05, 4.69) is 70.8 Å². The zero-order valence-electron chi connectivity index (χ0n) is 18.8. The summed E-state index contributed by atoms with van der Waals surface area (Å²) in [6.45, 7) is 12.9. The maximum atomic E-state index is 6.59. The van der Waals surface area contributed by atoms with Crippen LogP contribution in [-0.2, 0) is 12.3 Å². The lowest BCUT2D eigenvalue weighted by atomic mass is 9.91. The van der Waals surface area contributed by atoms with E-state index in [1.165, 1.54) is 36.0 Å². The third kappa shape index (κ3) is 8.21. The van der Waals surface area contributed by atoms with Crippen LogP contribution in [0.3, 0.4) is 0 Å². The number of fused-ring (bicyclic) bond motifs is 2. The molecule has 3 nitrogen and oxygen atoms in total. The standard InChI is InChI=1S/C21H40O3Si4/c1-16(2)13-25-22-28(23-26-14-17(3)4,24-27-15-18(5)6)10-9-21-12-19-7-8-20(21)11-19/h7-8,13-15,19-21H,9-12,25-27H2,1-6H3.